The van der Waals surface area contributed by atoms with Crippen LogP contribution in [0.5, 0.6) is 0 Å². The first-order chi connectivity index (χ1) is 24.9. The lowest BCUT2D eigenvalue weighted by Crippen LogP contribution is -2.55. The molecule has 0 bridgehead atoms. The molecule has 5 heterocycles. The molecule has 2 aliphatic rings. The lowest BCUT2D eigenvalue weighted by atomic mass is 10.1. The molecule has 8 atom stereocenters. The number of aliphatic hydroxyl groups excluding tert-OH is 6. The molecule has 286 valence electrons. The number of carbonyl (C=O) groups excluding carboxylic acids is 1. The van der Waals surface area contributed by atoms with Crippen molar-refractivity contribution >= 4 is 61.3 Å². The molecule has 4 aromatic rings. The zero-order valence-corrected chi connectivity index (χ0v) is 29.3. The van der Waals surface area contributed by atoms with Crippen LogP contribution in [0.25, 0.3) is 28.1 Å². The molecule has 6 rings (SSSR count). The number of carbonyl (C=O) groups is 1. The number of imidazole rings is 1. The van der Waals surface area contributed by atoms with Crippen molar-refractivity contribution in [3.63, 3.8) is 0 Å². The van der Waals surface area contributed by atoms with Gasteiger partial charge in [0.05, 0.1) is 13.2 Å². The van der Waals surface area contributed by atoms with Gasteiger partial charge in [0.2, 0.25) is 11.6 Å². The van der Waals surface area contributed by atoms with Crippen LogP contribution in [-0.2, 0) is 33.8 Å². The molecule has 1 amide bonds. The number of hydrogen-bond donors (Lipinski definition) is 11. The van der Waals surface area contributed by atoms with Crippen molar-refractivity contribution in [1.29, 1.82) is 0 Å². The fourth-order valence-electron chi connectivity index (χ4n) is 5.41. The molecular formula is C27H34N9O15P2+. The van der Waals surface area contributed by atoms with Crippen molar-refractivity contribution in [3.8, 4) is 0 Å². The van der Waals surface area contributed by atoms with Crippen LogP contribution in [0.1, 0.15) is 21.6 Å². The molecule has 3 aromatic heterocycles. The van der Waals surface area contributed by atoms with E-state index in [1.807, 2.05) is 6.92 Å². The van der Waals surface area contributed by atoms with E-state index in [0.29, 0.717) is 11.0 Å². The lowest BCUT2D eigenvalue weighted by Gasteiger charge is -2.25. The van der Waals surface area contributed by atoms with Gasteiger partial charge in [0.1, 0.15) is 43.0 Å². The minimum absolute atomic E-state index is 0.0104. The van der Waals surface area contributed by atoms with Crippen molar-refractivity contribution in [3.05, 3.63) is 47.4 Å². The highest BCUT2D eigenvalue weighted by atomic mass is 31.3. The Hall–Kier alpha value is -4.42. The number of fused-ring (bicyclic) bond motifs is 3. The van der Waals surface area contributed by atoms with E-state index >= 15 is 0 Å². The number of nitrogens with zero attached hydrogens (tertiary/aromatic N) is 6. The van der Waals surface area contributed by atoms with Crippen molar-refractivity contribution < 1.29 is 77.0 Å². The van der Waals surface area contributed by atoms with Gasteiger partial charge in [-0.1, -0.05) is 0 Å². The van der Waals surface area contributed by atoms with E-state index in [-0.39, 0.29) is 34.4 Å². The van der Waals surface area contributed by atoms with Gasteiger partial charge in [0, 0.05) is 0 Å². The summed E-state index contributed by atoms with van der Waals surface area (Å²) in [5, 5.41) is 67.9. The van der Waals surface area contributed by atoms with Crippen LogP contribution in [0, 0.1) is 13.8 Å². The molecule has 26 heteroatoms. The molecule has 12 N–H and O–H groups in total. The highest BCUT2D eigenvalue weighted by Crippen LogP contribution is 2.60. The molecule has 0 spiro atoms. The maximum atomic E-state index is 12.6. The number of aliphatic hydroxyl groups is 6. The topological polar surface area (TPSA) is 360 Å². The summed E-state index contributed by atoms with van der Waals surface area (Å²) in [6, 6.07) is 3.38. The number of benzene rings is 1. The summed E-state index contributed by atoms with van der Waals surface area (Å²) in [7, 11) is -11.0. The highest BCUT2D eigenvalue weighted by Gasteiger charge is 2.43. The van der Waals surface area contributed by atoms with Gasteiger partial charge in [-0.15, -0.1) is 0 Å². The summed E-state index contributed by atoms with van der Waals surface area (Å²) in [5.41, 5.74) is 8.17. The minimum atomic E-state index is -5.54. The number of phosphoric ester groups is 2. The number of nitrogen functional groups attached to an aromatic ring is 1. The number of nitrogens with two attached hydrogens (primary N) is 1. The first-order valence-electron chi connectivity index (χ1n) is 15.4. The number of phosphoric acid groups is 2. The van der Waals surface area contributed by atoms with Crippen molar-refractivity contribution in [2.75, 3.05) is 24.3 Å². The Morgan fingerprint density at radius 2 is 1.74 bits per heavy atom. The molecule has 0 radical (unpaired) electrons. The maximum Gasteiger partial charge on any atom is 0.481 e. The number of nitrogens with one attached hydrogen (secondary N) is 2. The predicted molar refractivity (Wildman–Crippen MR) is 176 cm³/mol. The molecule has 24 nitrogen and oxygen atoms in total. The quantitative estimate of drug-likeness (QED) is 0.0504. The van der Waals surface area contributed by atoms with Gasteiger partial charge >= 0.3 is 21.5 Å². The van der Waals surface area contributed by atoms with Crippen molar-refractivity contribution in [2.24, 2.45) is 0 Å². The third kappa shape index (κ3) is 7.80. The van der Waals surface area contributed by atoms with E-state index in [9.17, 15) is 54.4 Å². The largest absolute Gasteiger partial charge is 0.505 e. The zero-order valence-electron chi connectivity index (χ0n) is 27.5. The van der Waals surface area contributed by atoms with E-state index in [1.54, 1.807) is 19.1 Å². The number of anilines is 2. The lowest BCUT2D eigenvalue weighted by molar-refractivity contribution is -0.667. The van der Waals surface area contributed by atoms with Crippen LogP contribution in [0.2, 0.25) is 0 Å². The fraction of sp³-hybridized carbons (Fsp3) is 0.407. The van der Waals surface area contributed by atoms with Crippen LogP contribution in [-0.4, -0.2) is 121 Å². The first kappa shape index (κ1) is 38.3. The smallest absolute Gasteiger partial charge is 0.481 e. The maximum absolute atomic E-state index is 12.6. The third-order valence-electron chi connectivity index (χ3n) is 8.23. The summed E-state index contributed by atoms with van der Waals surface area (Å²) in [6.07, 6.45) is -8.66. The number of ether oxygens (including phenoxy) is 1. The number of rotatable bonds is 13. The summed E-state index contributed by atoms with van der Waals surface area (Å²) >= 11 is 0. The highest BCUT2D eigenvalue weighted by molar-refractivity contribution is 7.61. The second-order valence-corrected chi connectivity index (χ2v) is 15.0. The van der Waals surface area contributed by atoms with Crippen molar-refractivity contribution in [1.82, 2.24) is 29.8 Å². The Balaban J connectivity index is 1.06. The zero-order chi connectivity index (χ0) is 38.6. The van der Waals surface area contributed by atoms with E-state index in [1.165, 1.54) is 4.57 Å². The SMILES string of the molecule is Cc1cc2nc3c([n+](C[C@H](O)[C@H](O)[C@H](O)COP(=O)(O)OP(=O)(O)OC[C@H]4OC(n5cnc6c(N)ncnc65)=C(O)[C@@H]4O)c2cc1C)N[C@@H](O)NC3=O. The molecule has 0 fully saturated rings. The second-order valence-electron chi connectivity index (χ2n) is 11.9. The van der Waals surface area contributed by atoms with Crippen LogP contribution in [0.3, 0.4) is 0 Å². The van der Waals surface area contributed by atoms with Gasteiger partial charge in [-0.3, -0.25) is 19.2 Å². The van der Waals surface area contributed by atoms with Crippen LogP contribution in [0.15, 0.2) is 30.5 Å². The fourth-order valence-corrected chi connectivity index (χ4v) is 7.51. The first-order valence-corrected chi connectivity index (χ1v) is 18.4. The second kappa shape index (κ2) is 14.4. The molecule has 1 aromatic carbocycles. The Labute approximate surface area is 296 Å². The monoisotopic (exact) mass is 786 g/mol. The minimum Gasteiger partial charge on any atom is -0.505 e. The molecular weight excluding hydrogens is 752 g/mol. The number of amides is 1. The molecule has 2 aliphatic heterocycles. The summed E-state index contributed by atoms with van der Waals surface area (Å²) in [6.45, 7) is 0.892. The molecule has 0 saturated carbocycles. The Bertz CT molecular complexity index is 2220. The Kier molecular flexibility index (Phi) is 10.4. The van der Waals surface area contributed by atoms with Gasteiger partial charge in [0.15, 0.2) is 40.5 Å². The Morgan fingerprint density at radius 1 is 1.04 bits per heavy atom. The summed E-state index contributed by atoms with van der Waals surface area (Å²) in [4.78, 5) is 48.9. The predicted octanol–water partition coefficient (Wildman–Crippen LogP) is -2.23. The van der Waals surface area contributed by atoms with E-state index in [2.05, 4.69) is 43.9 Å². The standard InChI is InChI=1S/C27H33N9O15P2/c1-10-3-12-13(4-11(10)2)35(24-18(32-12)25(42)34-27(43)33-24)5-14(37)19(39)15(38)6-48-52(44,45)51-53(46,47)49-7-16-20(40)21(41)26(50-16)36-9-31-17-22(28)29-8-30-23(17)36/h3-4,8-9,14-16,19-20,27,37-40,43H,5-7H2,1-2H3,(H6,28,29,30,34,41,42,44,45,46,47)/p+1/t14-,15+,16+,19-,20+,27+/m0/s1. The molecule has 2 unspecified atom stereocenters. The number of hydrogen-bond acceptors (Lipinski definition) is 19. The molecule has 53 heavy (non-hydrogen) atoms. The summed E-state index contributed by atoms with van der Waals surface area (Å²) in [5.74, 6) is -1.87. The van der Waals surface area contributed by atoms with Gasteiger partial charge in [-0.2, -0.15) is 4.31 Å². The van der Waals surface area contributed by atoms with Gasteiger partial charge in [-0.25, -0.2) is 43.5 Å². The van der Waals surface area contributed by atoms with Crippen LogP contribution in [0.4, 0.5) is 11.6 Å². The average molecular weight is 787 g/mol. The van der Waals surface area contributed by atoms with Gasteiger partial charge in [0.25, 0.3) is 12.3 Å². The van der Waals surface area contributed by atoms with E-state index in [0.717, 1.165) is 28.3 Å². The normalized spacial score (nSPS) is 22.7. The van der Waals surface area contributed by atoms with E-state index < -0.39 is 83.9 Å². The van der Waals surface area contributed by atoms with Crippen molar-refractivity contribution in [2.45, 2.75) is 57.3 Å². The third-order valence-corrected chi connectivity index (χ3v) is 10.8. The number of aromatic nitrogens is 6. The average Bonchev–Trinajstić information content (AvgIpc) is 3.63. The van der Waals surface area contributed by atoms with E-state index in [4.69, 9.17) is 10.5 Å². The number of aryl methyl sites for hydroxylation is 2. The van der Waals surface area contributed by atoms with Crippen LogP contribution < -0.4 is 20.9 Å². The molecule has 0 saturated heterocycles. The van der Waals surface area contributed by atoms with Gasteiger partial charge in [-0.05, 0) is 37.1 Å². The van der Waals surface area contributed by atoms with Crippen LogP contribution >= 0.6 is 15.6 Å². The molecule has 0 aliphatic carbocycles. The summed E-state index contributed by atoms with van der Waals surface area (Å²) < 4.78 is 46.4. The Morgan fingerprint density at radius 3 is 2.47 bits per heavy atom. The van der Waals surface area contributed by atoms with Gasteiger partial charge < -0.3 is 50.9 Å².